The van der Waals surface area contributed by atoms with Gasteiger partial charge in [0.25, 0.3) is 5.91 Å². The van der Waals surface area contributed by atoms with Gasteiger partial charge < -0.3 is 15.0 Å². The van der Waals surface area contributed by atoms with Gasteiger partial charge >= 0.3 is 0 Å². The number of methoxy groups -OCH3 is 1. The van der Waals surface area contributed by atoms with Gasteiger partial charge in [0.15, 0.2) is 0 Å². The highest BCUT2D eigenvalue weighted by Gasteiger charge is 2.41. The fraction of sp³-hybridized carbons (Fsp3) is 0.417. The van der Waals surface area contributed by atoms with Crippen molar-refractivity contribution in [1.82, 2.24) is 10.2 Å². The molecule has 2 amide bonds. The molecule has 1 saturated heterocycles. The van der Waals surface area contributed by atoms with Crippen molar-refractivity contribution < 1.29 is 14.3 Å². The summed E-state index contributed by atoms with van der Waals surface area (Å²) in [5, 5.41) is 3.11. The van der Waals surface area contributed by atoms with E-state index < -0.39 is 0 Å². The van der Waals surface area contributed by atoms with E-state index in [2.05, 4.69) is 5.32 Å². The summed E-state index contributed by atoms with van der Waals surface area (Å²) in [7, 11) is 1.64. The van der Waals surface area contributed by atoms with Crippen LogP contribution < -0.4 is 10.1 Å². The van der Waals surface area contributed by atoms with Crippen molar-refractivity contribution in [2.45, 2.75) is 25.7 Å². The zero-order valence-corrected chi connectivity index (χ0v) is 17.1. The van der Waals surface area contributed by atoms with Crippen LogP contribution in [-0.4, -0.2) is 43.5 Å². The van der Waals surface area contributed by atoms with Crippen molar-refractivity contribution in [3.05, 3.63) is 65.2 Å². The largest absolute Gasteiger partial charge is 0.497 e. The van der Waals surface area contributed by atoms with Crippen LogP contribution in [-0.2, 0) is 4.79 Å². The topological polar surface area (TPSA) is 58.6 Å². The van der Waals surface area contributed by atoms with Gasteiger partial charge in [-0.1, -0.05) is 29.8 Å². The molecule has 5 nitrogen and oxygen atoms in total. The minimum absolute atomic E-state index is 0.0182. The Bertz CT molecular complexity index is 889. The number of nitrogens with one attached hydrogen (secondary N) is 1. The number of ether oxygens (including phenoxy) is 1. The second kappa shape index (κ2) is 8.27. The van der Waals surface area contributed by atoms with Crippen molar-refractivity contribution in [1.29, 1.82) is 0 Å². The molecule has 0 unspecified atom stereocenters. The van der Waals surface area contributed by atoms with E-state index in [9.17, 15) is 9.59 Å². The van der Waals surface area contributed by atoms with Gasteiger partial charge in [-0.05, 0) is 55.5 Å². The first-order valence-corrected chi connectivity index (χ1v) is 10.3. The Labute approximate surface area is 172 Å². The van der Waals surface area contributed by atoms with Crippen molar-refractivity contribution in [2.75, 3.05) is 26.7 Å². The molecule has 1 heterocycles. The maximum Gasteiger partial charge on any atom is 0.253 e. The minimum Gasteiger partial charge on any atom is -0.497 e. The first-order valence-electron chi connectivity index (χ1n) is 10.3. The lowest BCUT2D eigenvalue weighted by molar-refractivity contribution is -0.125. The quantitative estimate of drug-likeness (QED) is 0.820. The van der Waals surface area contributed by atoms with Crippen LogP contribution in [0.3, 0.4) is 0 Å². The van der Waals surface area contributed by atoms with Crippen LogP contribution in [0, 0.1) is 18.8 Å². The molecular formula is C24H28N2O3. The highest BCUT2D eigenvalue weighted by atomic mass is 16.5. The van der Waals surface area contributed by atoms with Crippen LogP contribution in [0.15, 0.2) is 48.5 Å². The van der Waals surface area contributed by atoms with Crippen LogP contribution >= 0.6 is 0 Å². The molecule has 2 aliphatic rings. The second-order valence-electron chi connectivity index (χ2n) is 8.25. The smallest absolute Gasteiger partial charge is 0.253 e. The molecule has 2 atom stereocenters. The first kappa shape index (κ1) is 19.5. The summed E-state index contributed by atoms with van der Waals surface area (Å²) in [6.07, 6.45) is 2.39. The molecule has 0 spiro atoms. The Morgan fingerprint density at radius 2 is 1.86 bits per heavy atom. The third-order valence-electron chi connectivity index (χ3n) is 6.03. The molecule has 1 aliphatic carbocycles. The van der Waals surface area contributed by atoms with Crippen molar-refractivity contribution in [2.24, 2.45) is 11.8 Å². The van der Waals surface area contributed by atoms with Crippen LogP contribution in [0.4, 0.5) is 0 Å². The molecule has 5 heteroatoms. The van der Waals surface area contributed by atoms with Gasteiger partial charge in [0.05, 0.1) is 13.0 Å². The van der Waals surface area contributed by atoms with Gasteiger partial charge in [0.1, 0.15) is 5.75 Å². The number of nitrogens with zero attached hydrogens (tertiary/aromatic N) is 1. The van der Waals surface area contributed by atoms with Crippen molar-refractivity contribution in [3.8, 4) is 5.75 Å². The average molecular weight is 392 g/mol. The zero-order valence-electron chi connectivity index (χ0n) is 17.1. The standard InChI is InChI=1S/C24H28N2O3/c1-16-6-10-18(11-7-16)24(28)26-14-21(19-4-3-5-20(12-19)29-2)22(15-26)23(27)25-13-17-8-9-17/h3-7,10-12,17,21-22H,8-9,13-15H2,1-2H3,(H,25,27)/t21-,22+/m0/s1. The number of carbonyl (C=O) groups excluding carboxylic acids is 2. The molecule has 152 valence electrons. The molecule has 29 heavy (non-hydrogen) atoms. The molecule has 1 aliphatic heterocycles. The summed E-state index contributed by atoms with van der Waals surface area (Å²) in [5.41, 5.74) is 2.82. The SMILES string of the molecule is COc1cccc([C@@H]2CN(C(=O)c3ccc(C)cc3)C[C@H]2C(=O)NCC2CC2)c1. The van der Waals surface area contributed by atoms with Gasteiger partial charge in [0, 0.05) is 31.1 Å². The Morgan fingerprint density at radius 3 is 2.55 bits per heavy atom. The van der Waals surface area contributed by atoms with Crippen LogP contribution in [0.25, 0.3) is 0 Å². The average Bonchev–Trinajstić information content (AvgIpc) is 3.47. The molecule has 1 N–H and O–H groups in total. The lowest BCUT2D eigenvalue weighted by Gasteiger charge is -2.18. The summed E-state index contributed by atoms with van der Waals surface area (Å²) >= 11 is 0. The fourth-order valence-electron chi connectivity index (χ4n) is 4.02. The van der Waals surface area contributed by atoms with E-state index in [1.165, 1.54) is 12.8 Å². The lowest BCUT2D eigenvalue weighted by atomic mass is 9.88. The van der Waals surface area contributed by atoms with Gasteiger partial charge in [-0.3, -0.25) is 9.59 Å². The second-order valence-corrected chi connectivity index (χ2v) is 8.25. The lowest BCUT2D eigenvalue weighted by Crippen LogP contribution is -2.36. The molecule has 1 saturated carbocycles. The number of likely N-dealkylation sites (tertiary alicyclic amines) is 1. The summed E-state index contributed by atoms with van der Waals surface area (Å²) in [4.78, 5) is 27.9. The van der Waals surface area contributed by atoms with E-state index in [-0.39, 0.29) is 23.7 Å². The molecule has 4 rings (SSSR count). The zero-order chi connectivity index (χ0) is 20.4. The van der Waals surface area contributed by atoms with E-state index in [0.29, 0.717) is 24.6 Å². The third-order valence-corrected chi connectivity index (χ3v) is 6.03. The molecule has 2 fully saturated rings. The molecule has 2 aromatic carbocycles. The Morgan fingerprint density at radius 1 is 1.10 bits per heavy atom. The Hall–Kier alpha value is -2.82. The molecule has 0 radical (unpaired) electrons. The number of benzene rings is 2. The van der Waals surface area contributed by atoms with Gasteiger partial charge in [-0.15, -0.1) is 0 Å². The van der Waals surface area contributed by atoms with Crippen LogP contribution in [0.5, 0.6) is 5.75 Å². The highest BCUT2D eigenvalue weighted by Crippen LogP contribution is 2.35. The predicted octanol–water partition coefficient (Wildman–Crippen LogP) is 3.39. The van der Waals surface area contributed by atoms with E-state index in [1.54, 1.807) is 7.11 Å². The molecule has 0 bridgehead atoms. The summed E-state index contributed by atoms with van der Waals surface area (Å²) in [6.45, 7) is 3.71. The number of hydrogen-bond acceptors (Lipinski definition) is 3. The van der Waals surface area contributed by atoms with Gasteiger partial charge in [-0.25, -0.2) is 0 Å². The Kier molecular flexibility index (Phi) is 5.56. The van der Waals surface area contributed by atoms with Crippen molar-refractivity contribution in [3.63, 3.8) is 0 Å². The maximum absolute atomic E-state index is 13.1. The number of amides is 2. The van der Waals surface area contributed by atoms with Crippen molar-refractivity contribution >= 4 is 11.8 Å². The Balaban J connectivity index is 1.56. The minimum atomic E-state index is -0.254. The van der Waals surface area contributed by atoms with Gasteiger partial charge in [0.2, 0.25) is 5.91 Å². The number of hydrogen-bond donors (Lipinski definition) is 1. The van der Waals surface area contributed by atoms with Crippen LogP contribution in [0.2, 0.25) is 0 Å². The number of rotatable bonds is 6. The van der Waals surface area contributed by atoms with E-state index in [1.807, 2.05) is 60.4 Å². The molecular weight excluding hydrogens is 364 g/mol. The summed E-state index contributed by atoms with van der Waals surface area (Å²) < 4.78 is 5.37. The fourth-order valence-corrected chi connectivity index (χ4v) is 4.02. The normalized spacial score (nSPS) is 21.1. The predicted molar refractivity (Wildman–Crippen MR) is 112 cm³/mol. The van der Waals surface area contributed by atoms with Gasteiger partial charge in [-0.2, -0.15) is 0 Å². The number of aryl methyl sites for hydroxylation is 1. The van der Waals surface area contributed by atoms with E-state index in [0.717, 1.165) is 23.4 Å². The monoisotopic (exact) mass is 392 g/mol. The first-order chi connectivity index (χ1) is 14.0. The molecule has 0 aromatic heterocycles. The molecule has 2 aromatic rings. The third kappa shape index (κ3) is 4.44. The summed E-state index contributed by atoms with van der Waals surface area (Å²) in [5.74, 6) is 1.12. The van der Waals surface area contributed by atoms with E-state index in [4.69, 9.17) is 4.74 Å². The van der Waals surface area contributed by atoms with E-state index >= 15 is 0 Å². The maximum atomic E-state index is 13.1. The number of carbonyl (C=O) groups is 2. The highest BCUT2D eigenvalue weighted by molar-refractivity contribution is 5.95. The summed E-state index contributed by atoms with van der Waals surface area (Å²) in [6, 6.07) is 15.5. The van der Waals surface area contributed by atoms with Crippen LogP contribution in [0.1, 0.15) is 40.2 Å².